The average molecular weight is 403 g/mol. The van der Waals surface area contributed by atoms with E-state index in [-0.39, 0.29) is 13.0 Å². The Morgan fingerprint density at radius 1 is 1.04 bits per heavy atom. The van der Waals surface area contributed by atoms with Crippen molar-refractivity contribution in [1.82, 2.24) is 15.5 Å². The lowest BCUT2D eigenvalue weighted by molar-refractivity contribution is -0.149. The Bertz CT molecular complexity index is 628. The van der Waals surface area contributed by atoms with Gasteiger partial charge in [0.15, 0.2) is 0 Å². The second-order valence-corrected chi connectivity index (χ2v) is 6.29. The highest BCUT2D eigenvalue weighted by atomic mass is 16.4. The van der Waals surface area contributed by atoms with Gasteiger partial charge in [0.1, 0.15) is 24.2 Å². The molecule has 0 radical (unpaired) electrons. The number of nitrogens with one attached hydrogen (secondary N) is 2. The molecule has 4 unspecified atom stereocenters. The van der Waals surface area contributed by atoms with Crippen molar-refractivity contribution < 1.29 is 39.3 Å². The van der Waals surface area contributed by atoms with Gasteiger partial charge in [0.2, 0.25) is 23.6 Å². The molecule has 0 spiro atoms. The van der Waals surface area contributed by atoms with Crippen molar-refractivity contribution in [2.45, 2.75) is 43.4 Å². The van der Waals surface area contributed by atoms with Crippen LogP contribution in [0.25, 0.3) is 0 Å². The zero-order valence-electron chi connectivity index (χ0n) is 15.0. The molecule has 1 aliphatic heterocycles. The number of nitrogens with two attached hydrogens (primary N) is 2. The van der Waals surface area contributed by atoms with E-state index in [4.69, 9.17) is 16.6 Å². The lowest BCUT2D eigenvalue weighted by Crippen LogP contribution is -2.59. The summed E-state index contributed by atoms with van der Waals surface area (Å²) in [7, 11) is 0. The molecule has 4 amide bonds. The van der Waals surface area contributed by atoms with Gasteiger partial charge < -0.3 is 42.3 Å². The molecule has 1 fully saturated rings. The molecule has 158 valence electrons. The normalized spacial score (nSPS) is 19.4. The van der Waals surface area contributed by atoms with E-state index >= 15 is 0 Å². The van der Waals surface area contributed by atoms with Gasteiger partial charge in [-0.2, -0.15) is 0 Å². The predicted octanol–water partition coefficient (Wildman–Crippen LogP) is -4.78. The Balaban J connectivity index is 2.90. The van der Waals surface area contributed by atoms with Crippen LogP contribution in [0.3, 0.4) is 0 Å². The quantitative estimate of drug-likeness (QED) is 0.185. The number of nitrogens with zero attached hydrogens (tertiary/aromatic N) is 1. The van der Waals surface area contributed by atoms with Crippen molar-refractivity contribution in [1.29, 1.82) is 0 Å². The first-order chi connectivity index (χ1) is 13.1. The number of hydrogen-bond donors (Lipinski definition) is 7. The SMILES string of the molecule is NC(=O)CC(NC(=O)C(CO)NC(=O)C(N)CO)C(=O)N1CCCC1C(=O)O. The van der Waals surface area contributed by atoms with Crippen molar-refractivity contribution >= 4 is 29.6 Å². The van der Waals surface area contributed by atoms with Gasteiger partial charge >= 0.3 is 5.97 Å². The van der Waals surface area contributed by atoms with E-state index in [0.29, 0.717) is 6.42 Å². The van der Waals surface area contributed by atoms with Gasteiger partial charge in [0, 0.05) is 6.54 Å². The molecule has 0 aliphatic carbocycles. The molecule has 0 aromatic carbocycles. The zero-order chi connectivity index (χ0) is 21.4. The monoisotopic (exact) mass is 403 g/mol. The largest absolute Gasteiger partial charge is 0.480 e. The highest BCUT2D eigenvalue weighted by molar-refractivity contribution is 5.96. The summed E-state index contributed by atoms with van der Waals surface area (Å²) in [5.41, 5.74) is 10.4. The maximum Gasteiger partial charge on any atom is 0.326 e. The first-order valence-electron chi connectivity index (χ1n) is 8.52. The summed E-state index contributed by atoms with van der Waals surface area (Å²) in [6.45, 7) is -1.42. The maximum absolute atomic E-state index is 12.7. The van der Waals surface area contributed by atoms with Gasteiger partial charge in [0.05, 0.1) is 19.6 Å². The molecular formula is C15H25N5O8. The van der Waals surface area contributed by atoms with E-state index in [2.05, 4.69) is 10.6 Å². The summed E-state index contributed by atoms with van der Waals surface area (Å²) in [5.74, 6) is -4.87. The fourth-order valence-electron chi connectivity index (χ4n) is 2.72. The van der Waals surface area contributed by atoms with E-state index in [9.17, 15) is 34.2 Å². The second kappa shape index (κ2) is 10.5. The fourth-order valence-corrected chi connectivity index (χ4v) is 2.72. The molecule has 13 heteroatoms. The Labute approximate surface area is 160 Å². The Hall–Kier alpha value is -2.77. The summed E-state index contributed by atoms with van der Waals surface area (Å²) < 4.78 is 0. The number of carboxylic acid groups (broad SMARTS) is 1. The number of likely N-dealkylation sites (tertiary alicyclic amines) is 1. The highest BCUT2D eigenvalue weighted by Crippen LogP contribution is 2.19. The minimum atomic E-state index is -1.51. The lowest BCUT2D eigenvalue weighted by atomic mass is 10.1. The van der Waals surface area contributed by atoms with E-state index < -0.39 is 73.4 Å². The molecule has 0 aromatic rings. The summed E-state index contributed by atoms with van der Waals surface area (Å²) in [4.78, 5) is 60.2. The van der Waals surface area contributed by atoms with Crippen LogP contribution in [-0.2, 0) is 24.0 Å². The smallest absolute Gasteiger partial charge is 0.326 e. The van der Waals surface area contributed by atoms with Crippen molar-refractivity contribution in [3.63, 3.8) is 0 Å². The fraction of sp³-hybridized carbons (Fsp3) is 0.667. The number of carboxylic acids is 1. The predicted molar refractivity (Wildman–Crippen MR) is 92.2 cm³/mol. The Morgan fingerprint density at radius 2 is 1.64 bits per heavy atom. The number of carbonyl (C=O) groups is 5. The third-order valence-corrected chi connectivity index (χ3v) is 4.19. The third-order valence-electron chi connectivity index (χ3n) is 4.19. The van der Waals surface area contributed by atoms with Crippen LogP contribution in [0.15, 0.2) is 0 Å². The Kier molecular flexibility index (Phi) is 8.76. The van der Waals surface area contributed by atoms with Crippen molar-refractivity contribution in [2.24, 2.45) is 11.5 Å². The van der Waals surface area contributed by atoms with Crippen LogP contribution in [-0.4, -0.2) is 93.7 Å². The van der Waals surface area contributed by atoms with Crippen LogP contribution >= 0.6 is 0 Å². The minimum Gasteiger partial charge on any atom is -0.480 e. The molecule has 0 bridgehead atoms. The summed E-state index contributed by atoms with van der Waals surface area (Å²) in [6, 6.07) is -5.40. The molecule has 1 heterocycles. The summed E-state index contributed by atoms with van der Waals surface area (Å²) >= 11 is 0. The van der Waals surface area contributed by atoms with Crippen molar-refractivity contribution in [2.75, 3.05) is 19.8 Å². The van der Waals surface area contributed by atoms with Gasteiger partial charge in [-0.05, 0) is 12.8 Å². The lowest BCUT2D eigenvalue weighted by Gasteiger charge is -2.28. The molecule has 1 rings (SSSR count). The van der Waals surface area contributed by atoms with Crippen LogP contribution in [0.5, 0.6) is 0 Å². The second-order valence-electron chi connectivity index (χ2n) is 6.29. The van der Waals surface area contributed by atoms with Gasteiger partial charge in [0.25, 0.3) is 0 Å². The van der Waals surface area contributed by atoms with E-state index in [0.717, 1.165) is 4.90 Å². The van der Waals surface area contributed by atoms with Gasteiger partial charge in [-0.1, -0.05) is 0 Å². The Morgan fingerprint density at radius 3 is 2.14 bits per heavy atom. The first-order valence-corrected chi connectivity index (χ1v) is 8.52. The average Bonchev–Trinajstić information content (AvgIpc) is 3.13. The number of aliphatic hydroxyl groups is 2. The van der Waals surface area contributed by atoms with Crippen LogP contribution in [0.4, 0.5) is 0 Å². The summed E-state index contributed by atoms with van der Waals surface area (Å²) in [6.07, 6.45) is 0.0661. The van der Waals surface area contributed by atoms with Crippen LogP contribution < -0.4 is 22.1 Å². The molecule has 28 heavy (non-hydrogen) atoms. The number of carbonyl (C=O) groups excluding carboxylic acids is 4. The molecule has 1 saturated heterocycles. The molecule has 0 saturated carbocycles. The molecule has 9 N–H and O–H groups in total. The molecule has 13 nitrogen and oxygen atoms in total. The van der Waals surface area contributed by atoms with E-state index in [1.807, 2.05) is 0 Å². The van der Waals surface area contributed by atoms with Crippen molar-refractivity contribution in [3.05, 3.63) is 0 Å². The molecule has 1 aliphatic rings. The van der Waals surface area contributed by atoms with E-state index in [1.165, 1.54) is 0 Å². The molecular weight excluding hydrogens is 378 g/mol. The van der Waals surface area contributed by atoms with Gasteiger partial charge in [-0.25, -0.2) is 4.79 Å². The van der Waals surface area contributed by atoms with Crippen molar-refractivity contribution in [3.8, 4) is 0 Å². The third kappa shape index (κ3) is 6.14. The van der Waals surface area contributed by atoms with E-state index in [1.54, 1.807) is 0 Å². The topological polar surface area (TPSA) is 225 Å². The standard InChI is InChI=1S/C15H25N5O8/c16-7(5-21)12(24)19-9(6-22)13(25)18-8(4-11(17)23)14(26)20-3-1-2-10(20)15(27)28/h7-10,21-22H,1-6,16H2,(H2,17,23)(H,18,25)(H,19,24)(H,27,28). The van der Waals surface area contributed by atoms with Gasteiger partial charge in [-0.15, -0.1) is 0 Å². The van der Waals surface area contributed by atoms with Crippen LogP contribution in [0, 0.1) is 0 Å². The number of aliphatic carboxylic acids is 1. The maximum atomic E-state index is 12.7. The molecule has 0 aromatic heterocycles. The minimum absolute atomic E-state index is 0.131. The number of aliphatic hydroxyl groups excluding tert-OH is 2. The number of hydrogen-bond acceptors (Lipinski definition) is 8. The number of rotatable bonds is 10. The zero-order valence-corrected chi connectivity index (χ0v) is 15.0. The molecule has 4 atom stereocenters. The summed E-state index contributed by atoms with van der Waals surface area (Å²) in [5, 5.41) is 31.6. The first kappa shape index (κ1) is 23.3. The van der Waals surface area contributed by atoms with Crippen LogP contribution in [0.2, 0.25) is 0 Å². The number of primary amides is 1. The van der Waals surface area contributed by atoms with Crippen LogP contribution in [0.1, 0.15) is 19.3 Å². The number of amides is 4. The highest BCUT2D eigenvalue weighted by Gasteiger charge is 2.38. The van der Waals surface area contributed by atoms with Gasteiger partial charge in [-0.3, -0.25) is 19.2 Å².